The molecule has 0 saturated carbocycles. The van der Waals surface area contributed by atoms with Crippen LogP contribution in [0.5, 0.6) is 0 Å². The Labute approximate surface area is 90.9 Å². The van der Waals surface area contributed by atoms with Crippen molar-refractivity contribution in [3.05, 3.63) is 18.0 Å². The van der Waals surface area contributed by atoms with Crippen molar-refractivity contribution in [2.24, 2.45) is 0 Å². The van der Waals surface area contributed by atoms with Crippen LogP contribution in [0, 0.1) is 11.3 Å². The molecular formula is C11H18N4. The van der Waals surface area contributed by atoms with Crippen LogP contribution in [-0.4, -0.2) is 16.3 Å². The first-order chi connectivity index (χ1) is 7.04. The van der Waals surface area contributed by atoms with Gasteiger partial charge in [-0.05, 0) is 20.8 Å². The molecule has 0 spiro atoms. The van der Waals surface area contributed by atoms with E-state index in [1.807, 2.05) is 17.1 Å². The zero-order chi connectivity index (χ0) is 11.3. The molecule has 0 radical (unpaired) electrons. The third-order valence-electron chi connectivity index (χ3n) is 2.07. The van der Waals surface area contributed by atoms with Gasteiger partial charge in [-0.15, -0.1) is 0 Å². The van der Waals surface area contributed by atoms with E-state index in [1.165, 1.54) is 0 Å². The molecule has 82 valence electrons. The van der Waals surface area contributed by atoms with Gasteiger partial charge >= 0.3 is 0 Å². The van der Waals surface area contributed by atoms with Crippen molar-refractivity contribution in [2.75, 3.05) is 6.54 Å². The van der Waals surface area contributed by atoms with Gasteiger partial charge in [0.25, 0.3) is 0 Å². The van der Waals surface area contributed by atoms with Gasteiger partial charge in [-0.3, -0.25) is 4.68 Å². The SMILES string of the molecule is CC(C)(C)n1cc(CNCCC#N)cn1. The first-order valence-electron chi connectivity index (χ1n) is 5.16. The van der Waals surface area contributed by atoms with Crippen molar-refractivity contribution in [1.82, 2.24) is 15.1 Å². The third kappa shape index (κ3) is 3.72. The van der Waals surface area contributed by atoms with Crippen molar-refractivity contribution in [2.45, 2.75) is 39.3 Å². The van der Waals surface area contributed by atoms with Crippen LogP contribution in [0.4, 0.5) is 0 Å². The molecule has 4 heteroatoms. The van der Waals surface area contributed by atoms with E-state index in [0.29, 0.717) is 6.42 Å². The van der Waals surface area contributed by atoms with E-state index in [1.54, 1.807) is 0 Å². The third-order valence-corrected chi connectivity index (χ3v) is 2.07. The number of nitrogens with one attached hydrogen (secondary N) is 1. The quantitative estimate of drug-likeness (QED) is 0.762. The smallest absolute Gasteiger partial charge is 0.0635 e. The fourth-order valence-corrected chi connectivity index (χ4v) is 1.20. The van der Waals surface area contributed by atoms with Crippen molar-refractivity contribution in [1.29, 1.82) is 5.26 Å². The lowest BCUT2D eigenvalue weighted by Crippen LogP contribution is -2.22. The molecule has 0 aliphatic carbocycles. The molecule has 1 aromatic rings. The average Bonchev–Trinajstić information content (AvgIpc) is 2.60. The van der Waals surface area contributed by atoms with E-state index in [-0.39, 0.29) is 5.54 Å². The Bertz CT molecular complexity index is 340. The molecule has 1 rings (SSSR count). The van der Waals surface area contributed by atoms with E-state index in [0.717, 1.165) is 18.7 Å². The summed E-state index contributed by atoms with van der Waals surface area (Å²) >= 11 is 0. The molecule has 1 N–H and O–H groups in total. The summed E-state index contributed by atoms with van der Waals surface area (Å²) in [5, 5.41) is 15.9. The van der Waals surface area contributed by atoms with Gasteiger partial charge in [0.15, 0.2) is 0 Å². The summed E-state index contributed by atoms with van der Waals surface area (Å²) in [6, 6.07) is 2.10. The summed E-state index contributed by atoms with van der Waals surface area (Å²) < 4.78 is 1.95. The summed E-state index contributed by atoms with van der Waals surface area (Å²) in [4.78, 5) is 0. The number of nitriles is 1. The Morgan fingerprint density at radius 3 is 2.80 bits per heavy atom. The number of nitrogens with zero attached hydrogens (tertiary/aromatic N) is 3. The molecule has 0 aromatic carbocycles. The van der Waals surface area contributed by atoms with E-state index < -0.39 is 0 Å². The largest absolute Gasteiger partial charge is 0.312 e. The second kappa shape index (κ2) is 4.94. The van der Waals surface area contributed by atoms with Crippen molar-refractivity contribution < 1.29 is 0 Å². The topological polar surface area (TPSA) is 53.6 Å². The first kappa shape index (κ1) is 11.7. The lowest BCUT2D eigenvalue weighted by Gasteiger charge is -2.18. The second-order valence-electron chi connectivity index (χ2n) is 4.55. The lowest BCUT2D eigenvalue weighted by molar-refractivity contribution is 0.355. The maximum absolute atomic E-state index is 8.37. The first-order valence-corrected chi connectivity index (χ1v) is 5.16. The molecule has 0 aliphatic heterocycles. The van der Waals surface area contributed by atoms with Gasteiger partial charge in [-0.2, -0.15) is 10.4 Å². The van der Waals surface area contributed by atoms with Gasteiger partial charge in [0, 0.05) is 31.3 Å². The summed E-state index contributed by atoms with van der Waals surface area (Å²) in [6.07, 6.45) is 4.46. The minimum atomic E-state index is 0.0326. The number of hydrogen-bond donors (Lipinski definition) is 1. The molecular weight excluding hydrogens is 188 g/mol. The Hall–Kier alpha value is -1.34. The van der Waals surface area contributed by atoms with Gasteiger partial charge in [-0.1, -0.05) is 0 Å². The zero-order valence-electron chi connectivity index (χ0n) is 9.62. The fourth-order valence-electron chi connectivity index (χ4n) is 1.20. The van der Waals surface area contributed by atoms with Crippen LogP contribution in [-0.2, 0) is 12.1 Å². The Morgan fingerprint density at radius 1 is 1.53 bits per heavy atom. The van der Waals surface area contributed by atoms with Crippen LogP contribution >= 0.6 is 0 Å². The second-order valence-corrected chi connectivity index (χ2v) is 4.55. The predicted molar refractivity (Wildman–Crippen MR) is 59.2 cm³/mol. The van der Waals surface area contributed by atoms with Crippen molar-refractivity contribution >= 4 is 0 Å². The van der Waals surface area contributed by atoms with E-state index in [4.69, 9.17) is 5.26 Å². The molecule has 0 saturated heterocycles. The Balaban J connectivity index is 2.44. The minimum Gasteiger partial charge on any atom is -0.312 e. The molecule has 0 aliphatic rings. The van der Waals surface area contributed by atoms with Gasteiger partial charge in [-0.25, -0.2) is 0 Å². The van der Waals surface area contributed by atoms with Gasteiger partial charge in [0.05, 0.1) is 17.8 Å². The summed E-state index contributed by atoms with van der Waals surface area (Å²) in [5.74, 6) is 0. The molecule has 0 atom stereocenters. The number of aromatic nitrogens is 2. The molecule has 0 unspecified atom stereocenters. The lowest BCUT2D eigenvalue weighted by atomic mass is 10.1. The Morgan fingerprint density at radius 2 is 2.27 bits per heavy atom. The molecule has 0 bridgehead atoms. The monoisotopic (exact) mass is 206 g/mol. The highest BCUT2D eigenvalue weighted by Crippen LogP contribution is 2.12. The summed E-state index contributed by atoms with van der Waals surface area (Å²) in [7, 11) is 0. The molecule has 1 heterocycles. The van der Waals surface area contributed by atoms with Crippen LogP contribution < -0.4 is 5.32 Å². The molecule has 4 nitrogen and oxygen atoms in total. The average molecular weight is 206 g/mol. The van der Waals surface area contributed by atoms with Gasteiger partial charge < -0.3 is 5.32 Å². The highest BCUT2D eigenvalue weighted by molar-refractivity contribution is 5.04. The zero-order valence-corrected chi connectivity index (χ0v) is 9.62. The molecule has 15 heavy (non-hydrogen) atoms. The van der Waals surface area contributed by atoms with Crippen molar-refractivity contribution in [3.63, 3.8) is 0 Å². The summed E-state index contributed by atoms with van der Waals surface area (Å²) in [5.41, 5.74) is 1.19. The van der Waals surface area contributed by atoms with E-state index in [9.17, 15) is 0 Å². The normalized spacial score (nSPS) is 11.3. The van der Waals surface area contributed by atoms with Gasteiger partial charge in [0.2, 0.25) is 0 Å². The van der Waals surface area contributed by atoms with Crippen LogP contribution in [0.3, 0.4) is 0 Å². The van der Waals surface area contributed by atoms with Crippen LogP contribution in [0.25, 0.3) is 0 Å². The van der Waals surface area contributed by atoms with Crippen LogP contribution in [0.15, 0.2) is 12.4 Å². The highest BCUT2D eigenvalue weighted by Gasteiger charge is 2.13. The summed E-state index contributed by atoms with van der Waals surface area (Å²) in [6.45, 7) is 7.86. The van der Waals surface area contributed by atoms with Crippen LogP contribution in [0.2, 0.25) is 0 Å². The highest BCUT2D eigenvalue weighted by atomic mass is 15.3. The van der Waals surface area contributed by atoms with Crippen molar-refractivity contribution in [3.8, 4) is 6.07 Å². The van der Waals surface area contributed by atoms with Crippen LogP contribution in [0.1, 0.15) is 32.8 Å². The predicted octanol–water partition coefficient (Wildman–Crippen LogP) is 1.64. The number of hydrogen-bond acceptors (Lipinski definition) is 3. The maximum atomic E-state index is 8.37. The fraction of sp³-hybridized carbons (Fsp3) is 0.636. The molecule has 0 amide bonds. The maximum Gasteiger partial charge on any atom is 0.0635 e. The van der Waals surface area contributed by atoms with E-state index >= 15 is 0 Å². The number of rotatable bonds is 4. The standard InChI is InChI=1S/C11H18N4/c1-11(2,3)15-9-10(8-14-15)7-13-6-4-5-12/h8-9,13H,4,6-7H2,1-3H3. The van der Waals surface area contributed by atoms with E-state index in [2.05, 4.69) is 37.3 Å². The minimum absolute atomic E-state index is 0.0326. The Kier molecular flexibility index (Phi) is 3.87. The molecule has 1 aromatic heterocycles. The van der Waals surface area contributed by atoms with Gasteiger partial charge in [0.1, 0.15) is 0 Å². The molecule has 0 fully saturated rings.